The first-order valence-corrected chi connectivity index (χ1v) is 3.00. The number of aliphatic hydroxyl groups is 1. The molecule has 0 aromatic rings. The fraction of sp³-hybridized carbons (Fsp3) is 0.125. The van der Waals surface area contributed by atoms with Crippen molar-refractivity contribution in [3.8, 4) is 0 Å². The van der Waals surface area contributed by atoms with E-state index >= 15 is 0 Å². The Morgan fingerprint density at radius 2 is 2.27 bits per heavy atom. The number of aliphatic hydroxyl groups excluding tert-OH is 1. The lowest BCUT2D eigenvalue weighted by Crippen LogP contribution is -1.77. The van der Waals surface area contributed by atoms with Gasteiger partial charge in [-0.25, -0.2) is 0 Å². The summed E-state index contributed by atoms with van der Waals surface area (Å²) in [5.41, 5.74) is 0.428. The van der Waals surface area contributed by atoms with Crippen molar-refractivity contribution in [2.45, 2.75) is 0 Å². The molecule has 0 atom stereocenters. The molecule has 3 nitrogen and oxygen atoms in total. The molecule has 11 heavy (non-hydrogen) atoms. The normalized spacial score (nSPS) is 12.6. The van der Waals surface area contributed by atoms with E-state index in [0.717, 1.165) is 6.26 Å². The van der Waals surface area contributed by atoms with Gasteiger partial charge in [-0.05, 0) is 18.2 Å². The van der Waals surface area contributed by atoms with Crippen LogP contribution in [0.15, 0.2) is 36.3 Å². The fourth-order valence-electron chi connectivity index (χ4n) is 0.435. The molecule has 0 fully saturated rings. The number of carbonyl (C=O) groups excluding carboxylic acids is 1. The Bertz CT molecular complexity index is 190. The number of methoxy groups -OCH3 is 1. The summed E-state index contributed by atoms with van der Waals surface area (Å²) in [6, 6.07) is 0. The molecule has 0 aliphatic heterocycles. The maximum absolute atomic E-state index is 10.2. The SMILES string of the molecule is CO/C=C/C(C=O)=C\C=C\O. The molecular weight excluding hydrogens is 144 g/mol. The average molecular weight is 154 g/mol. The molecule has 60 valence electrons. The number of aldehydes is 1. The Kier molecular flexibility index (Phi) is 5.70. The Morgan fingerprint density at radius 1 is 1.55 bits per heavy atom. The molecule has 0 saturated heterocycles. The van der Waals surface area contributed by atoms with Gasteiger partial charge in [-0.1, -0.05) is 0 Å². The Labute approximate surface area is 65.3 Å². The first-order valence-electron chi connectivity index (χ1n) is 3.00. The van der Waals surface area contributed by atoms with E-state index < -0.39 is 0 Å². The molecular formula is C8H10O3. The van der Waals surface area contributed by atoms with E-state index in [-0.39, 0.29) is 0 Å². The lowest BCUT2D eigenvalue weighted by molar-refractivity contribution is -0.104. The summed E-state index contributed by atoms with van der Waals surface area (Å²) in [7, 11) is 1.49. The highest BCUT2D eigenvalue weighted by Crippen LogP contribution is 1.92. The van der Waals surface area contributed by atoms with Crippen LogP contribution in [-0.4, -0.2) is 18.5 Å². The average Bonchev–Trinajstić information content (AvgIpc) is 2.05. The highest BCUT2D eigenvalue weighted by molar-refractivity contribution is 5.77. The van der Waals surface area contributed by atoms with Crippen molar-refractivity contribution in [2.75, 3.05) is 7.11 Å². The molecule has 0 unspecified atom stereocenters. The van der Waals surface area contributed by atoms with Crippen LogP contribution in [0.25, 0.3) is 0 Å². The van der Waals surface area contributed by atoms with E-state index in [9.17, 15) is 4.79 Å². The van der Waals surface area contributed by atoms with Crippen molar-refractivity contribution in [3.63, 3.8) is 0 Å². The third-order valence-corrected chi connectivity index (χ3v) is 0.907. The van der Waals surface area contributed by atoms with Crippen molar-refractivity contribution >= 4 is 6.29 Å². The highest BCUT2D eigenvalue weighted by atomic mass is 16.5. The summed E-state index contributed by atoms with van der Waals surface area (Å²) >= 11 is 0. The van der Waals surface area contributed by atoms with Crippen LogP contribution < -0.4 is 0 Å². The van der Waals surface area contributed by atoms with Gasteiger partial charge in [0.2, 0.25) is 0 Å². The summed E-state index contributed by atoms with van der Waals surface area (Å²) in [5, 5.41) is 8.24. The van der Waals surface area contributed by atoms with Crippen LogP contribution >= 0.6 is 0 Å². The highest BCUT2D eigenvalue weighted by Gasteiger charge is 1.83. The van der Waals surface area contributed by atoms with E-state index in [1.165, 1.54) is 31.6 Å². The minimum absolute atomic E-state index is 0.428. The van der Waals surface area contributed by atoms with E-state index in [1.807, 2.05) is 0 Å². The molecule has 0 rings (SSSR count). The minimum Gasteiger partial charge on any atom is -0.516 e. The standard InChI is InChI=1S/C8H10O3/c1-11-6-4-8(7-10)3-2-5-9/h2-7,9H,1H3/b5-2+,6-4+,8-3+. The number of hydrogen-bond donors (Lipinski definition) is 1. The van der Waals surface area contributed by atoms with Gasteiger partial charge in [-0.2, -0.15) is 0 Å². The predicted octanol–water partition coefficient (Wildman–Crippen LogP) is 1.34. The van der Waals surface area contributed by atoms with E-state index in [2.05, 4.69) is 4.74 Å². The molecule has 0 aromatic carbocycles. The largest absolute Gasteiger partial charge is 0.516 e. The second kappa shape index (κ2) is 6.61. The molecule has 0 aliphatic carbocycles. The molecule has 0 saturated carbocycles. The van der Waals surface area contributed by atoms with Gasteiger partial charge < -0.3 is 9.84 Å². The maximum atomic E-state index is 10.2. The molecule has 1 N–H and O–H groups in total. The number of carbonyl (C=O) groups is 1. The molecule has 0 bridgehead atoms. The molecule has 0 aromatic heterocycles. The van der Waals surface area contributed by atoms with Gasteiger partial charge in [-0.15, -0.1) is 0 Å². The minimum atomic E-state index is 0.428. The van der Waals surface area contributed by atoms with Gasteiger partial charge in [0, 0.05) is 5.57 Å². The summed E-state index contributed by atoms with van der Waals surface area (Å²) in [5.74, 6) is 0. The van der Waals surface area contributed by atoms with Crippen molar-refractivity contribution in [1.29, 1.82) is 0 Å². The zero-order chi connectivity index (χ0) is 8.53. The topological polar surface area (TPSA) is 46.5 Å². The Hall–Kier alpha value is -1.51. The fourth-order valence-corrected chi connectivity index (χ4v) is 0.435. The quantitative estimate of drug-likeness (QED) is 0.287. The third kappa shape index (κ3) is 4.96. The van der Waals surface area contributed by atoms with Crippen molar-refractivity contribution in [1.82, 2.24) is 0 Å². The van der Waals surface area contributed by atoms with Gasteiger partial charge in [-0.3, -0.25) is 4.79 Å². The number of ether oxygens (including phenoxy) is 1. The number of allylic oxidation sites excluding steroid dienone is 4. The van der Waals surface area contributed by atoms with Crippen LogP contribution in [0.2, 0.25) is 0 Å². The first-order chi connectivity index (χ1) is 5.35. The van der Waals surface area contributed by atoms with E-state index in [1.54, 1.807) is 0 Å². The van der Waals surface area contributed by atoms with Crippen LogP contribution in [0.4, 0.5) is 0 Å². The summed E-state index contributed by atoms with van der Waals surface area (Å²) in [6.07, 6.45) is 7.20. The zero-order valence-corrected chi connectivity index (χ0v) is 6.23. The molecule has 0 heterocycles. The summed E-state index contributed by atoms with van der Waals surface area (Å²) in [6.45, 7) is 0. The maximum Gasteiger partial charge on any atom is 0.150 e. The van der Waals surface area contributed by atoms with Crippen molar-refractivity contribution < 1.29 is 14.6 Å². The van der Waals surface area contributed by atoms with Crippen LogP contribution in [0.3, 0.4) is 0 Å². The van der Waals surface area contributed by atoms with Crippen LogP contribution in [0.5, 0.6) is 0 Å². The lowest BCUT2D eigenvalue weighted by Gasteiger charge is -1.86. The Balaban J connectivity index is 4.15. The molecule has 3 heteroatoms. The molecule has 0 spiro atoms. The van der Waals surface area contributed by atoms with Crippen LogP contribution in [0.1, 0.15) is 0 Å². The number of hydrogen-bond acceptors (Lipinski definition) is 3. The van der Waals surface area contributed by atoms with E-state index in [0.29, 0.717) is 11.9 Å². The third-order valence-electron chi connectivity index (χ3n) is 0.907. The van der Waals surface area contributed by atoms with Gasteiger partial charge in [0.25, 0.3) is 0 Å². The van der Waals surface area contributed by atoms with Gasteiger partial charge in [0.15, 0.2) is 0 Å². The lowest BCUT2D eigenvalue weighted by atomic mass is 10.3. The molecule has 0 aliphatic rings. The molecule has 0 amide bonds. The van der Waals surface area contributed by atoms with Crippen molar-refractivity contribution in [3.05, 3.63) is 36.3 Å². The Morgan fingerprint density at radius 3 is 2.73 bits per heavy atom. The smallest absolute Gasteiger partial charge is 0.150 e. The first kappa shape index (κ1) is 9.49. The predicted molar refractivity (Wildman–Crippen MR) is 42.1 cm³/mol. The summed E-state index contributed by atoms with van der Waals surface area (Å²) < 4.78 is 4.59. The van der Waals surface area contributed by atoms with Gasteiger partial charge >= 0.3 is 0 Å². The zero-order valence-electron chi connectivity index (χ0n) is 6.23. The van der Waals surface area contributed by atoms with E-state index in [4.69, 9.17) is 5.11 Å². The van der Waals surface area contributed by atoms with Crippen LogP contribution in [0, 0.1) is 0 Å². The number of rotatable bonds is 4. The van der Waals surface area contributed by atoms with Crippen LogP contribution in [-0.2, 0) is 9.53 Å². The monoisotopic (exact) mass is 154 g/mol. The van der Waals surface area contributed by atoms with Gasteiger partial charge in [0.1, 0.15) is 6.29 Å². The second-order valence-corrected chi connectivity index (χ2v) is 1.66. The summed E-state index contributed by atoms with van der Waals surface area (Å²) in [4.78, 5) is 10.2. The van der Waals surface area contributed by atoms with Gasteiger partial charge in [0.05, 0.1) is 19.6 Å². The second-order valence-electron chi connectivity index (χ2n) is 1.66. The van der Waals surface area contributed by atoms with Crippen molar-refractivity contribution in [2.24, 2.45) is 0 Å². The molecule has 0 radical (unpaired) electrons.